The molecule has 0 unspecified atom stereocenters. The van der Waals surface area contributed by atoms with Gasteiger partial charge in [0.25, 0.3) is 0 Å². The van der Waals surface area contributed by atoms with E-state index in [9.17, 15) is 9.59 Å². The van der Waals surface area contributed by atoms with Gasteiger partial charge in [-0.3, -0.25) is 0 Å². The highest BCUT2D eigenvalue weighted by molar-refractivity contribution is 5.65. The minimum atomic E-state index is -0.870. The maximum atomic E-state index is 10.9. The SMILES string of the molecule is CC(C)C(COC(N)=O)(COC(N)=O)c1ccccc1. The van der Waals surface area contributed by atoms with Crippen molar-refractivity contribution < 1.29 is 19.1 Å². The first-order chi connectivity index (χ1) is 9.38. The summed E-state index contributed by atoms with van der Waals surface area (Å²) in [5.41, 5.74) is 10.3. The zero-order chi connectivity index (χ0) is 15.2. The molecular weight excluding hydrogens is 260 g/mol. The molecule has 0 aliphatic rings. The number of hydrogen-bond acceptors (Lipinski definition) is 4. The van der Waals surface area contributed by atoms with Crippen LogP contribution < -0.4 is 11.5 Å². The Kier molecular flexibility index (Phi) is 5.37. The summed E-state index contributed by atoms with van der Waals surface area (Å²) >= 11 is 0. The van der Waals surface area contributed by atoms with Crippen molar-refractivity contribution in [1.82, 2.24) is 0 Å². The van der Waals surface area contributed by atoms with Gasteiger partial charge in [-0.25, -0.2) is 9.59 Å². The Labute approximate surface area is 118 Å². The third kappa shape index (κ3) is 3.88. The van der Waals surface area contributed by atoms with Gasteiger partial charge in [-0.15, -0.1) is 0 Å². The van der Waals surface area contributed by atoms with Crippen LogP contribution in [0.1, 0.15) is 19.4 Å². The summed E-state index contributed by atoms with van der Waals surface area (Å²) in [5, 5.41) is 0. The van der Waals surface area contributed by atoms with Crippen molar-refractivity contribution in [2.75, 3.05) is 13.2 Å². The van der Waals surface area contributed by atoms with E-state index < -0.39 is 17.6 Å². The van der Waals surface area contributed by atoms with Gasteiger partial charge in [-0.1, -0.05) is 44.2 Å². The third-order valence-electron chi connectivity index (χ3n) is 3.40. The molecule has 1 aromatic carbocycles. The Morgan fingerprint density at radius 2 is 1.50 bits per heavy atom. The maximum Gasteiger partial charge on any atom is 0.404 e. The lowest BCUT2D eigenvalue weighted by Crippen LogP contribution is -2.44. The highest BCUT2D eigenvalue weighted by atomic mass is 16.6. The Hall–Kier alpha value is -2.24. The van der Waals surface area contributed by atoms with Crippen LogP contribution >= 0.6 is 0 Å². The highest BCUT2D eigenvalue weighted by Gasteiger charge is 2.38. The topological polar surface area (TPSA) is 105 Å². The molecule has 0 aromatic heterocycles. The fourth-order valence-corrected chi connectivity index (χ4v) is 2.04. The van der Waals surface area contributed by atoms with E-state index in [2.05, 4.69) is 0 Å². The Morgan fingerprint density at radius 1 is 1.05 bits per heavy atom. The number of nitrogens with two attached hydrogens (primary N) is 2. The first-order valence-corrected chi connectivity index (χ1v) is 6.28. The normalized spacial score (nSPS) is 11.2. The molecule has 0 spiro atoms. The monoisotopic (exact) mass is 280 g/mol. The smallest absolute Gasteiger partial charge is 0.404 e. The predicted octanol–water partition coefficient (Wildman–Crippen LogP) is 1.77. The molecule has 0 heterocycles. The van der Waals surface area contributed by atoms with Crippen molar-refractivity contribution in [3.63, 3.8) is 0 Å². The average molecular weight is 280 g/mol. The molecule has 6 nitrogen and oxygen atoms in total. The lowest BCUT2D eigenvalue weighted by Gasteiger charge is -2.36. The molecule has 0 fully saturated rings. The van der Waals surface area contributed by atoms with Crippen LogP contribution in [-0.4, -0.2) is 25.4 Å². The number of carbonyl (C=O) groups is 2. The van der Waals surface area contributed by atoms with Crippen LogP contribution in [-0.2, 0) is 14.9 Å². The molecule has 0 saturated heterocycles. The number of rotatable bonds is 6. The summed E-state index contributed by atoms with van der Waals surface area (Å²) in [6.45, 7) is 3.91. The summed E-state index contributed by atoms with van der Waals surface area (Å²) in [4.78, 5) is 21.8. The molecule has 20 heavy (non-hydrogen) atoms. The molecule has 1 aromatic rings. The van der Waals surface area contributed by atoms with E-state index in [4.69, 9.17) is 20.9 Å². The van der Waals surface area contributed by atoms with E-state index in [0.717, 1.165) is 5.56 Å². The van der Waals surface area contributed by atoms with Crippen LogP contribution in [0, 0.1) is 5.92 Å². The van der Waals surface area contributed by atoms with Crippen LogP contribution in [0.25, 0.3) is 0 Å². The number of benzene rings is 1. The van der Waals surface area contributed by atoms with Gasteiger partial charge >= 0.3 is 12.2 Å². The van der Waals surface area contributed by atoms with Crippen LogP contribution in [0.4, 0.5) is 9.59 Å². The van der Waals surface area contributed by atoms with E-state index in [1.54, 1.807) is 0 Å². The second kappa shape index (κ2) is 6.79. The lowest BCUT2D eigenvalue weighted by atomic mass is 9.73. The molecule has 0 bridgehead atoms. The van der Waals surface area contributed by atoms with Crippen LogP contribution in [0.15, 0.2) is 30.3 Å². The Bertz CT molecular complexity index is 442. The van der Waals surface area contributed by atoms with Gasteiger partial charge in [0.1, 0.15) is 13.2 Å². The highest BCUT2D eigenvalue weighted by Crippen LogP contribution is 2.33. The lowest BCUT2D eigenvalue weighted by molar-refractivity contribution is 0.0518. The van der Waals surface area contributed by atoms with Gasteiger partial charge in [-0.2, -0.15) is 0 Å². The first kappa shape index (κ1) is 15.8. The molecule has 0 radical (unpaired) electrons. The van der Waals surface area contributed by atoms with E-state index in [1.807, 2.05) is 44.2 Å². The summed E-state index contributed by atoms with van der Waals surface area (Å²) in [5.74, 6) is 0.0311. The largest absolute Gasteiger partial charge is 0.449 e. The quantitative estimate of drug-likeness (QED) is 0.828. The Balaban J connectivity index is 3.12. The van der Waals surface area contributed by atoms with Gasteiger partial charge in [0.05, 0.1) is 5.41 Å². The summed E-state index contributed by atoms with van der Waals surface area (Å²) in [7, 11) is 0. The minimum Gasteiger partial charge on any atom is -0.449 e. The fraction of sp³-hybridized carbons (Fsp3) is 0.429. The van der Waals surface area contributed by atoms with E-state index in [1.165, 1.54) is 0 Å². The van der Waals surface area contributed by atoms with E-state index in [0.29, 0.717) is 0 Å². The zero-order valence-corrected chi connectivity index (χ0v) is 11.7. The molecule has 0 aliphatic carbocycles. The number of amides is 2. The van der Waals surface area contributed by atoms with Crippen LogP contribution in [0.2, 0.25) is 0 Å². The molecule has 110 valence electrons. The summed E-state index contributed by atoms with van der Waals surface area (Å²) < 4.78 is 9.92. The van der Waals surface area contributed by atoms with Gasteiger partial charge in [0.2, 0.25) is 0 Å². The van der Waals surface area contributed by atoms with Crippen molar-refractivity contribution in [1.29, 1.82) is 0 Å². The van der Waals surface area contributed by atoms with Crippen LogP contribution in [0.3, 0.4) is 0 Å². The first-order valence-electron chi connectivity index (χ1n) is 6.28. The fourth-order valence-electron chi connectivity index (χ4n) is 2.04. The second-order valence-corrected chi connectivity index (χ2v) is 4.89. The summed E-state index contributed by atoms with van der Waals surface area (Å²) in [6, 6.07) is 9.36. The van der Waals surface area contributed by atoms with E-state index in [-0.39, 0.29) is 19.1 Å². The minimum absolute atomic E-state index is 0.0112. The second-order valence-electron chi connectivity index (χ2n) is 4.89. The van der Waals surface area contributed by atoms with E-state index >= 15 is 0 Å². The molecule has 6 heteroatoms. The molecular formula is C14H20N2O4. The molecule has 0 aliphatic heterocycles. The Morgan fingerprint density at radius 3 is 1.85 bits per heavy atom. The van der Waals surface area contributed by atoms with Crippen molar-refractivity contribution in [2.24, 2.45) is 17.4 Å². The number of ether oxygens (including phenoxy) is 2. The van der Waals surface area contributed by atoms with Gasteiger partial charge in [0, 0.05) is 0 Å². The molecule has 4 N–H and O–H groups in total. The maximum absolute atomic E-state index is 10.9. The third-order valence-corrected chi connectivity index (χ3v) is 3.40. The van der Waals surface area contributed by atoms with Crippen LogP contribution in [0.5, 0.6) is 0 Å². The number of hydrogen-bond donors (Lipinski definition) is 2. The molecule has 1 rings (SSSR count). The van der Waals surface area contributed by atoms with Gasteiger partial charge < -0.3 is 20.9 Å². The number of carbonyl (C=O) groups excluding carboxylic acids is 2. The van der Waals surface area contributed by atoms with Gasteiger partial charge in [-0.05, 0) is 11.5 Å². The molecule has 2 amide bonds. The van der Waals surface area contributed by atoms with Crippen molar-refractivity contribution in [3.05, 3.63) is 35.9 Å². The number of primary amides is 2. The molecule has 0 saturated carbocycles. The average Bonchev–Trinajstić information content (AvgIpc) is 2.39. The van der Waals surface area contributed by atoms with Crippen molar-refractivity contribution in [2.45, 2.75) is 19.3 Å². The van der Waals surface area contributed by atoms with Crippen molar-refractivity contribution in [3.8, 4) is 0 Å². The zero-order valence-electron chi connectivity index (χ0n) is 11.7. The standard InChI is InChI=1S/C14H20N2O4/c1-10(2)14(8-19-12(15)17,9-20-13(16)18)11-6-4-3-5-7-11/h3-7,10H,8-9H2,1-2H3,(H2,15,17)(H2,16,18). The molecule has 0 atom stereocenters. The van der Waals surface area contributed by atoms with Gasteiger partial charge in [0.15, 0.2) is 0 Å². The predicted molar refractivity (Wildman–Crippen MR) is 74.0 cm³/mol. The van der Waals surface area contributed by atoms with Crippen molar-refractivity contribution >= 4 is 12.2 Å². The summed E-state index contributed by atoms with van der Waals surface area (Å²) in [6.07, 6.45) is -1.74.